The highest BCUT2D eigenvalue weighted by Crippen LogP contribution is 2.17. The summed E-state index contributed by atoms with van der Waals surface area (Å²) in [7, 11) is 0. The fourth-order valence-electron chi connectivity index (χ4n) is 2.50. The molecule has 0 fully saturated rings. The molecule has 3 aromatic carbocycles. The van der Waals surface area contributed by atoms with Gasteiger partial charge in [-0.15, -0.1) is 0 Å². The second-order valence-electron chi connectivity index (χ2n) is 6.20. The number of para-hydroxylation sites is 1. The smallest absolute Gasteiger partial charge is 0.339 e. The van der Waals surface area contributed by atoms with Gasteiger partial charge in [0.05, 0.1) is 5.56 Å². The molecule has 3 rings (SSSR count). The summed E-state index contributed by atoms with van der Waals surface area (Å²) in [6.07, 6.45) is -0.929. The fourth-order valence-corrected chi connectivity index (χ4v) is 2.50. The van der Waals surface area contributed by atoms with Crippen molar-refractivity contribution in [2.24, 2.45) is 0 Å². The van der Waals surface area contributed by atoms with E-state index in [4.69, 9.17) is 9.47 Å². The van der Waals surface area contributed by atoms with Crippen molar-refractivity contribution in [3.05, 3.63) is 96.1 Å². The van der Waals surface area contributed by atoms with Crippen LogP contribution in [0.4, 0.5) is 5.69 Å². The van der Waals surface area contributed by atoms with Crippen molar-refractivity contribution < 1.29 is 19.1 Å². The van der Waals surface area contributed by atoms with Crippen LogP contribution in [-0.2, 0) is 16.1 Å². The SMILES string of the molecule is C[C@H](OC(=O)c1cccc(OCc2ccccc2)c1)C(=O)Nc1ccccc1. The second-order valence-corrected chi connectivity index (χ2v) is 6.20. The molecule has 0 unspecified atom stereocenters. The molecule has 0 aliphatic carbocycles. The van der Waals surface area contributed by atoms with Crippen molar-refractivity contribution in [3.63, 3.8) is 0 Å². The summed E-state index contributed by atoms with van der Waals surface area (Å²) >= 11 is 0. The van der Waals surface area contributed by atoms with Crippen LogP contribution in [0, 0.1) is 0 Å². The number of carbonyl (C=O) groups is 2. The van der Waals surface area contributed by atoms with E-state index in [1.54, 1.807) is 36.4 Å². The second kappa shape index (κ2) is 9.37. The van der Waals surface area contributed by atoms with E-state index in [2.05, 4.69) is 5.32 Å². The molecule has 3 aromatic rings. The van der Waals surface area contributed by atoms with Crippen molar-refractivity contribution in [1.29, 1.82) is 0 Å². The maximum absolute atomic E-state index is 12.4. The maximum Gasteiger partial charge on any atom is 0.339 e. The Kier molecular flexibility index (Phi) is 6.41. The average Bonchev–Trinajstić information content (AvgIpc) is 2.74. The highest BCUT2D eigenvalue weighted by Gasteiger charge is 2.19. The van der Waals surface area contributed by atoms with Crippen LogP contribution in [0.1, 0.15) is 22.8 Å². The molecular formula is C23H21NO4. The van der Waals surface area contributed by atoms with Crippen LogP contribution in [0.15, 0.2) is 84.9 Å². The predicted molar refractivity (Wildman–Crippen MR) is 107 cm³/mol. The minimum atomic E-state index is -0.929. The lowest BCUT2D eigenvalue weighted by atomic mass is 10.2. The zero-order valence-electron chi connectivity index (χ0n) is 15.5. The van der Waals surface area contributed by atoms with Crippen molar-refractivity contribution in [3.8, 4) is 5.75 Å². The van der Waals surface area contributed by atoms with Gasteiger partial charge in [0.15, 0.2) is 6.10 Å². The normalized spacial score (nSPS) is 11.3. The summed E-state index contributed by atoms with van der Waals surface area (Å²) in [5, 5.41) is 2.71. The van der Waals surface area contributed by atoms with E-state index in [1.165, 1.54) is 6.92 Å². The predicted octanol–water partition coefficient (Wildman–Crippen LogP) is 4.45. The molecule has 1 atom stereocenters. The Hall–Kier alpha value is -3.60. The van der Waals surface area contributed by atoms with E-state index >= 15 is 0 Å². The summed E-state index contributed by atoms with van der Waals surface area (Å²) in [4.78, 5) is 24.6. The van der Waals surface area contributed by atoms with Crippen LogP contribution in [0.5, 0.6) is 5.75 Å². The minimum absolute atomic E-state index is 0.324. The number of carbonyl (C=O) groups excluding carboxylic acids is 2. The highest BCUT2D eigenvalue weighted by atomic mass is 16.5. The number of hydrogen-bond donors (Lipinski definition) is 1. The van der Waals surface area contributed by atoms with Crippen LogP contribution in [0.2, 0.25) is 0 Å². The highest BCUT2D eigenvalue weighted by molar-refractivity contribution is 5.97. The monoisotopic (exact) mass is 375 g/mol. The van der Waals surface area contributed by atoms with Crippen LogP contribution in [0.3, 0.4) is 0 Å². The Balaban J connectivity index is 1.57. The van der Waals surface area contributed by atoms with Gasteiger partial charge in [-0.2, -0.15) is 0 Å². The molecule has 0 spiro atoms. The number of benzene rings is 3. The van der Waals surface area contributed by atoms with Gasteiger partial charge in [-0.3, -0.25) is 4.79 Å². The molecule has 0 saturated heterocycles. The van der Waals surface area contributed by atoms with Crippen molar-refractivity contribution in [1.82, 2.24) is 0 Å². The van der Waals surface area contributed by atoms with Gasteiger partial charge >= 0.3 is 5.97 Å². The first-order valence-corrected chi connectivity index (χ1v) is 8.95. The van der Waals surface area contributed by atoms with E-state index in [-0.39, 0.29) is 0 Å². The Morgan fingerprint density at radius 1 is 0.893 bits per heavy atom. The van der Waals surface area contributed by atoms with Gasteiger partial charge in [0.2, 0.25) is 0 Å². The largest absolute Gasteiger partial charge is 0.489 e. The third-order valence-electron chi connectivity index (χ3n) is 4.01. The number of amides is 1. The minimum Gasteiger partial charge on any atom is -0.489 e. The topological polar surface area (TPSA) is 64.6 Å². The van der Waals surface area contributed by atoms with E-state index < -0.39 is 18.0 Å². The van der Waals surface area contributed by atoms with Gasteiger partial charge in [0, 0.05) is 5.69 Å². The molecule has 0 aliphatic rings. The molecule has 0 saturated carbocycles. The number of ether oxygens (including phenoxy) is 2. The van der Waals surface area contributed by atoms with Gasteiger partial charge in [-0.1, -0.05) is 54.6 Å². The lowest BCUT2D eigenvalue weighted by molar-refractivity contribution is -0.123. The Morgan fingerprint density at radius 2 is 1.57 bits per heavy atom. The number of nitrogens with one attached hydrogen (secondary N) is 1. The molecule has 28 heavy (non-hydrogen) atoms. The lowest BCUT2D eigenvalue weighted by Gasteiger charge is -2.14. The lowest BCUT2D eigenvalue weighted by Crippen LogP contribution is -2.30. The molecule has 1 amide bonds. The van der Waals surface area contributed by atoms with Gasteiger partial charge in [-0.25, -0.2) is 4.79 Å². The average molecular weight is 375 g/mol. The molecule has 0 bridgehead atoms. The third kappa shape index (κ3) is 5.45. The Bertz CT molecular complexity index is 926. The molecule has 0 radical (unpaired) electrons. The molecule has 5 nitrogen and oxygen atoms in total. The van der Waals surface area contributed by atoms with E-state index in [0.29, 0.717) is 23.6 Å². The summed E-state index contributed by atoms with van der Waals surface area (Å²) in [5.74, 6) is -0.420. The summed E-state index contributed by atoms with van der Waals surface area (Å²) in [6.45, 7) is 1.93. The third-order valence-corrected chi connectivity index (χ3v) is 4.01. The standard InChI is InChI=1S/C23H21NO4/c1-17(22(25)24-20-12-6-3-7-13-20)28-23(26)19-11-8-14-21(15-19)27-16-18-9-4-2-5-10-18/h2-15,17H,16H2,1H3,(H,24,25)/t17-/m0/s1. The molecule has 5 heteroatoms. The first kappa shape index (κ1) is 19.2. The van der Waals surface area contributed by atoms with Crippen molar-refractivity contribution in [2.75, 3.05) is 5.32 Å². The zero-order valence-corrected chi connectivity index (χ0v) is 15.5. The number of rotatable bonds is 7. The van der Waals surface area contributed by atoms with E-state index in [0.717, 1.165) is 5.56 Å². The van der Waals surface area contributed by atoms with Crippen LogP contribution < -0.4 is 10.1 Å². The molecule has 1 N–H and O–H groups in total. The van der Waals surface area contributed by atoms with Crippen LogP contribution in [-0.4, -0.2) is 18.0 Å². The molecular weight excluding hydrogens is 354 g/mol. The fraction of sp³-hybridized carbons (Fsp3) is 0.130. The number of hydrogen-bond acceptors (Lipinski definition) is 4. The molecule has 0 aromatic heterocycles. The Labute approximate surface area is 163 Å². The molecule has 0 heterocycles. The van der Waals surface area contributed by atoms with Gasteiger partial charge in [-0.05, 0) is 42.8 Å². The van der Waals surface area contributed by atoms with Crippen LogP contribution >= 0.6 is 0 Å². The van der Waals surface area contributed by atoms with E-state index in [9.17, 15) is 9.59 Å². The van der Waals surface area contributed by atoms with Gasteiger partial charge in [0.25, 0.3) is 5.91 Å². The maximum atomic E-state index is 12.4. The van der Waals surface area contributed by atoms with Crippen molar-refractivity contribution >= 4 is 17.6 Å². The quantitative estimate of drug-likeness (QED) is 0.620. The summed E-state index contributed by atoms with van der Waals surface area (Å²) in [5.41, 5.74) is 2.00. The van der Waals surface area contributed by atoms with Gasteiger partial charge in [0.1, 0.15) is 12.4 Å². The van der Waals surface area contributed by atoms with E-state index in [1.807, 2.05) is 48.5 Å². The number of anilines is 1. The molecule has 0 aliphatic heterocycles. The molecule has 142 valence electrons. The zero-order chi connectivity index (χ0) is 19.8. The van der Waals surface area contributed by atoms with Crippen molar-refractivity contribution in [2.45, 2.75) is 19.6 Å². The Morgan fingerprint density at radius 3 is 2.29 bits per heavy atom. The van der Waals surface area contributed by atoms with Gasteiger partial charge < -0.3 is 14.8 Å². The number of esters is 1. The first-order valence-electron chi connectivity index (χ1n) is 8.95. The van der Waals surface area contributed by atoms with Crippen LogP contribution in [0.25, 0.3) is 0 Å². The first-order chi connectivity index (χ1) is 13.6. The summed E-state index contributed by atoms with van der Waals surface area (Å²) < 4.78 is 11.0. The summed E-state index contributed by atoms with van der Waals surface area (Å²) in [6, 6.07) is 25.5.